The zero-order valence-electron chi connectivity index (χ0n) is 15.4. The van der Waals surface area contributed by atoms with Crippen LogP contribution in [0.4, 0.5) is 4.39 Å². The van der Waals surface area contributed by atoms with E-state index in [0.717, 1.165) is 55.2 Å². The third kappa shape index (κ3) is 4.34. The Kier molecular flexibility index (Phi) is 5.76. The van der Waals surface area contributed by atoms with Crippen molar-refractivity contribution < 1.29 is 9.13 Å². The number of hydrogen-bond donors (Lipinski definition) is 2. The molecular weight excluding hydrogens is 329 g/mol. The van der Waals surface area contributed by atoms with Crippen molar-refractivity contribution in [2.24, 2.45) is 4.99 Å². The molecule has 0 aliphatic heterocycles. The second-order valence-electron chi connectivity index (χ2n) is 6.71. The number of guanidine groups is 1. The molecule has 0 atom stereocenters. The van der Waals surface area contributed by atoms with E-state index in [9.17, 15) is 4.39 Å². The van der Waals surface area contributed by atoms with Gasteiger partial charge in [-0.15, -0.1) is 0 Å². The molecule has 0 heterocycles. The molecule has 2 N–H and O–H groups in total. The Hall–Kier alpha value is -2.56. The molecule has 1 aliphatic rings. The summed E-state index contributed by atoms with van der Waals surface area (Å²) in [6.07, 6.45) is 2.99. The molecule has 138 valence electrons. The topological polar surface area (TPSA) is 45.7 Å². The summed E-state index contributed by atoms with van der Waals surface area (Å²) in [4.78, 5) is 4.29. The fraction of sp³-hybridized carbons (Fsp3) is 0.381. The van der Waals surface area contributed by atoms with Gasteiger partial charge in [0.25, 0.3) is 0 Å². The minimum absolute atomic E-state index is 0.0301. The highest BCUT2D eigenvalue weighted by Crippen LogP contribution is 2.47. The first-order valence-corrected chi connectivity index (χ1v) is 8.99. The molecule has 3 rings (SSSR count). The lowest BCUT2D eigenvalue weighted by Gasteiger charge is -2.19. The molecule has 1 aliphatic carbocycles. The van der Waals surface area contributed by atoms with Gasteiger partial charge in [0.15, 0.2) is 5.96 Å². The number of nitrogens with zero attached hydrogens (tertiary/aromatic N) is 1. The highest BCUT2D eigenvalue weighted by molar-refractivity contribution is 5.79. The van der Waals surface area contributed by atoms with Gasteiger partial charge in [-0.3, -0.25) is 4.99 Å². The van der Waals surface area contributed by atoms with Gasteiger partial charge in [0.05, 0.1) is 7.11 Å². The second-order valence-corrected chi connectivity index (χ2v) is 6.71. The lowest BCUT2D eigenvalue weighted by Crippen LogP contribution is -2.42. The molecule has 0 bridgehead atoms. The first-order chi connectivity index (χ1) is 12.7. The molecular formula is C21H26FN3O. The first-order valence-electron chi connectivity index (χ1n) is 8.99. The number of hydrogen-bond acceptors (Lipinski definition) is 2. The predicted molar refractivity (Wildman–Crippen MR) is 103 cm³/mol. The van der Waals surface area contributed by atoms with Crippen molar-refractivity contribution >= 4 is 5.96 Å². The third-order valence-corrected chi connectivity index (χ3v) is 4.99. The van der Waals surface area contributed by atoms with E-state index in [1.165, 1.54) is 6.07 Å². The van der Waals surface area contributed by atoms with Crippen molar-refractivity contribution in [2.75, 3.05) is 27.2 Å². The number of nitrogens with one attached hydrogen (secondary N) is 2. The number of rotatable bonds is 7. The van der Waals surface area contributed by atoms with Crippen molar-refractivity contribution in [1.82, 2.24) is 10.6 Å². The quantitative estimate of drug-likeness (QED) is 0.592. The molecule has 2 aromatic rings. The maximum atomic E-state index is 13.5. The van der Waals surface area contributed by atoms with Crippen molar-refractivity contribution in [3.8, 4) is 5.75 Å². The normalized spacial score (nSPS) is 15.4. The summed E-state index contributed by atoms with van der Waals surface area (Å²) in [5.41, 5.74) is 2.26. The number of benzene rings is 2. The SMILES string of the molecule is CN=C(NCCc1ccccc1OC)NCC1(c2cccc(F)c2)CC1. The second kappa shape index (κ2) is 8.21. The smallest absolute Gasteiger partial charge is 0.191 e. The summed E-state index contributed by atoms with van der Waals surface area (Å²) in [5, 5.41) is 6.73. The Bertz CT molecular complexity index is 771. The van der Waals surface area contributed by atoms with E-state index in [2.05, 4.69) is 21.7 Å². The van der Waals surface area contributed by atoms with E-state index in [0.29, 0.717) is 0 Å². The molecule has 0 spiro atoms. The molecule has 0 saturated heterocycles. The van der Waals surface area contributed by atoms with Crippen LogP contribution in [-0.4, -0.2) is 33.2 Å². The maximum absolute atomic E-state index is 13.5. The minimum Gasteiger partial charge on any atom is -0.496 e. The monoisotopic (exact) mass is 355 g/mol. The van der Waals surface area contributed by atoms with E-state index < -0.39 is 0 Å². The molecule has 0 amide bonds. The summed E-state index contributed by atoms with van der Waals surface area (Å²) in [6.45, 7) is 1.51. The molecule has 5 heteroatoms. The fourth-order valence-electron chi connectivity index (χ4n) is 3.24. The Morgan fingerprint density at radius 1 is 1.15 bits per heavy atom. The highest BCUT2D eigenvalue weighted by atomic mass is 19.1. The number of para-hydroxylation sites is 1. The van der Waals surface area contributed by atoms with Crippen molar-refractivity contribution in [3.05, 3.63) is 65.5 Å². The number of aliphatic imine (C=N–C) groups is 1. The van der Waals surface area contributed by atoms with Gasteiger partial charge in [-0.25, -0.2) is 4.39 Å². The lowest BCUT2D eigenvalue weighted by molar-refractivity contribution is 0.409. The van der Waals surface area contributed by atoms with Crippen molar-refractivity contribution in [3.63, 3.8) is 0 Å². The summed E-state index contributed by atoms with van der Waals surface area (Å²) in [6, 6.07) is 15.0. The maximum Gasteiger partial charge on any atom is 0.191 e. The van der Waals surface area contributed by atoms with Crippen LogP contribution in [0.1, 0.15) is 24.0 Å². The van der Waals surface area contributed by atoms with Crippen molar-refractivity contribution in [1.29, 1.82) is 0 Å². The molecule has 0 radical (unpaired) electrons. The van der Waals surface area contributed by atoms with Gasteiger partial charge < -0.3 is 15.4 Å². The zero-order valence-corrected chi connectivity index (χ0v) is 15.4. The van der Waals surface area contributed by atoms with Gasteiger partial charge in [0, 0.05) is 25.6 Å². The number of halogens is 1. The predicted octanol–water partition coefficient (Wildman–Crippen LogP) is 3.27. The van der Waals surface area contributed by atoms with Crippen LogP contribution in [0.25, 0.3) is 0 Å². The van der Waals surface area contributed by atoms with E-state index in [1.54, 1.807) is 26.3 Å². The standard InChI is InChI=1S/C21H26FN3O/c1-23-20(24-13-10-16-6-3-4-9-19(16)26-2)25-15-21(11-12-21)17-7-5-8-18(22)14-17/h3-9,14H,10-13,15H2,1-2H3,(H2,23,24,25). The van der Waals surface area contributed by atoms with Crippen LogP contribution in [0.5, 0.6) is 5.75 Å². The Balaban J connectivity index is 1.51. The van der Waals surface area contributed by atoms with E-state index in [1.807, 2.05) is 24.3 Å². The van der Waals surface area contributed by atoms with Crippen LogP contribution in [0.15, 0.2) is 53.5 Å². The van der Waals surface area contributed by atoms with Crippen LogP contribution in [0.3, 0.4) is 0 Å². The van der Waals surface area contributed by atoms with E-state index in [-0.39, 0.29) is 11.2 Å². The summed E-state index contributed by atoms with van der Waals surface area (Å²) in [5.74, 6) is 1.50. The molecule has 0 unspecified atom stereocenters. The Morgan fingerprint density at radius 3 is 2.65 bits per heavy atom. The van der Waals surface area contributed by atoms with Crippen molar-refractivity contribution in [2.45, 2.75) is 24.7 Å². The summed E-state index contributed by atoms with van der Waals surface area (Å²) < 4.78 is 18.9. The van der Waals surface area contributed by atoms with Crippen LogP contribution in [0.2, 0.25) is 0 Å². The van der Waals surface area contributed by atoms with E-state index in [4.69, 9.17) is 4.74 Å². The largest absolute Gasteiger partial charge is 0.496 e. The molecule has 2 aromatic carbocycles. The van der Waals surface area contributed by atoms with E-state index >= 15 is 0 Å². The molecule has 1 saturated carbocycles. The average molecular weight is 355 g/mol. The molecule has 4 nitrogen and oxygen atoms in total. The average Bonchev–Trinajstić information content (AvgIpc) is 3.46. The van der Waals surface area contributed by atoms with Gasteiger partial charge >= 0.3 is 0 Å². The number of methoxy groups -OCH3 is 1. The van der Waals surface area contributed by atoms with Crippen LogP contribution >= 0.6 is 0 Å². The van der Waals surface area contributed by atoms with Crippen LogP contribution in [0, 0.1) is 5.82 Å². The van der Waals surface area contributed by atoms with Gasteiger partial charge in [-0.2, -0.15) is 0 Å². The minimum atomic E-state index is -0.173. The fourth-order valence-corrected chi connectivity index (χ4v) is 3.24. The first kappa shape index (κ1) is 18.2. The van der Waals surface area contributed by atoms with Crippen LogP contribution < -0.4 is 15.4 Å². The van der Waals surface area contributed by atoms with Gasteiger partial charge in [-0.05, 0) is 48.6 Å². The van der Waals surface area contributed by atoms with Gasteiger partial charge in [-0.1, -0.05) is 30.3 Å². The highest BCUT2D eigenvalue weighted by Gasteiger charge is 2.44. The Labute approximate surface area is 154 Å². The van der Waals surface area contributed by atoms with Gasteiger partial charge in [0.1, 0.15) is 11.6 Å². The summed E-state index contributed by atoms with van der Waals surface area (Å²) >= 11 is 0. The number of ether oxygens (including phenoxy) is 1. The van der Waals surface area contributed by atoms with Crippen LogP contribution in [-0.2, 0) is 11.8 Å². The lowest BCUT2D eigenvalue weighted by atomic mass is 9.96. The zero-order chi connectivity index (χ0) is 18.4. The molecule has 1 fully saturated rings. The Morgan fingerprint density at radius 2 is 1.96 bits per heavy atom. The summed E-state index contributed by atoms with van der Waals surface area (Å²) in [7, 11) is 3.45. The molecule has 0 aromatic heterocycles. The third-order valence-electron chi connectivity index (χ3n) is 4.99. The molecule has 26 heavy (non-hydrogen) atoms. The van der Waals surface area contributed by atoms with Gasteiger partial charge in [0.2, 0.25) is 0 Å².